The SMILES string of the molecule is CCC(=O)N1CCN(C(=O)c2ccc(SCCC(C)C)c([N+](=O)[O-])c2)CC1. The van der Waals surface area contributed by atoms with E-state index < -0.39 is 4.92 Å². The molecule has 0 bridgehead atoms. The van der Waals surface area contributed by atoms with Crippen molar-refractivity contribution in [3.05, 3.63) is 33.9 Å². The molecule has 148 valence electrons. The molecule has 2 amide bonds. The number of thioether (sulfide) groups is 1. The van der Waals surface area contributed by atoms with E-state index in [-0.39, 0.29) is 17.5 Å². The number of benzene rings is 1. The fourth-order valence-corrected chi connectivity index (χ4v) is 4.14. The Morgan fingerprint density at radius 3 is 2.37 bits per heavy atom. The molecule has 0 spiro atoms. The van der Waals surface area contributed by atoms with E-state index in [1.54, 1.807) is 21.9 Å². The molecule has 7 nitrogen and oxygen atoms in total. The predicted octanol–water partition coefficient (Wildman–Crippen LogP) is 3.43. The Kier molecular flexibility index (Phi) is 7.65. The molecule has 2 rings (SSSR count). The van der Waals surface area contributed by atoms with Crippen LogP contribution in [0.5, 0.6) is 0 Å². The molecule has 1 fully saturated rings. The molecule has 1 heterocycles. The minimum absolute atomic E-state index is 0.0191. The fourth-order valence-electron chi connectivity index (χ4n) is 2.88. The third kappa shape index (κ3) is 5.69. The molecule has 0 atom stereocenters. The number of nitrogens with zero attached hydrogens (tertiary/aromatic N) is 3. The molecule has 1 saturated heterocycles. The third-order valence-electron chi connectivity index (χ3n) is 4.58. The van der Waals surface area contributed by atoms with E-state index in [4.69, 9.17) is 0 Å². The number of amides is 2. The molecule has 0 aliphatic carbocycles. The first-order valence-corrected chi connectivity index (χ1v) is 10.3. The van der Waals surface area contributed by atoms with Gasteiger partial charge >= 0.3 is 0 Å². The van der Waals surface area contributed by atoms with Crippen molar-refractivity contribution in [2.75, 3.05) is 31.9 Å². The highest BCUT2D eigenvalue weighted by molar-refractivity contribution is 7.99. The number of piperazine rings is 1. The Morgan fingerprint density at radius 1 is 1.19 bits per heavy atom. The van der Waals surface area contributed by atoms with Crippen LogP contribution in [-0.4, -0.2) is 58.5 Å². The van der Waals surface area contributed by atoms with Gasteiger partial charge in [-0.25, -0.2) is 0 Å². The molecule has 0 unspecified atom stereocenters. The monoisotopic (exact) mass is 393 g/mol. The molecule has 1 aliphatic heterocycles. The molecule has 27 heavy (non-hydrogen) atoms. The predicted molar refractivity (Wildman–Crippen MR) is 106 cm³/mol. The van der Waals surface area contributed by atoms with Gasteiger partial charge in [0.25, 0.3) is 11.6 Å². The zero-order chi connectivity index (χ0) is 20.0. The summed E-state index contributed by atoms with van der Waals surface area (Å²) in [5, 5.41) is 11.4. The third-order valence-corrected chi connectivity index (χ3v) is 5.67. The van der Waals surface area contributed by atoms with E-state index in [0.29, 0.717) is 49.0 Å². The van der Waals surface area contributed by atoms with Crippen molar-refractivity contribution in [1.29, 1.82) is 0 Å². The van der Waals surface area contributed by atoms with Gasteiger partial charge in [0.15, 0.2) is 0 Å². The van der Waals surface area contributed by atoms with Crippen molar-refractivity contribution < 1.29 is 14.5 Å². The lowest BCUT2D eigenvalue weighted by Gasteiger charge is -2.34. The standard InChI is InChI=1S/C19H27N3O4S/c1-4-18(23)20-8-10-21(11-9-20)19(24)15-5-6-17(16(13-15)22(25)26)27-12-7-14(2)3/h5-6,13-14H,4,7-12H2,1-3H3. The van der Waals surface area contributed by atoms with Crippen LogP contribution >= 0.6 is 11.8 Å². The van der Waals surface area contributed by atoms with Crippen LogP contribution in [0.4, 0.5) is 5.69 Å². The number of carbonyl (C=O) groups is 2. The highest BCUT2D eigenvalue weighted by Crippen LogP contribution is 2.31. The average molecular weight is 394 g/mol. The van der Waals surface area contributed by atoms with Gasteiger partial charge in [-0.3, -0.25) is 19.7 Å². The molecule has 0 aromatic heterocycles. The lowest BCUT2D eigenvalue weighted by molar-refractivity contribution is -0.387. The van der Waals surface area contributed by atoms with Gasteiger partial charge in [-0.2, -0.15) is 0 Å². The van der Waals surface area contributed by atoms with Crippen LogP contribution in [-0.2, 0) is 4.79 Å². The molecular formula is C19H27N3O4S. The Bertz CT molecular complexity index is 700. The van der Waals surface area contributed by atoms with E-state index in [2.05, 4.69) is 13.8 Å². The van der Waals surface area contributed by atoms with Crippen molar-refractivity contribution in [2.45, 2.75) is 38.5 Å². The largest absolute Gasteiger partial charge is 0.339 e. The summed E-state index contributed by atoms with van der Waals surface area (Å²) in [6, 6.07) is 4.72. The van der Waals surface area contributed by atoms with Crippen molar-refractivity contribution in [2.24, 2.45) is 5.92 Å². The van der Waals surface area contributed by atoms with Gasteiger partial charge < -0.3 is 9.80 Å². The molecule has 8 heteroatoms. The van der Waals surface area contributed by atoms with E-state index in [1.165, 1.54) is 17.8 Å². The highest BCUT2D eigenvalue weighted by atomic mass is 32.2. The van der Waals surface area contributed by atoms with Gasteiger partial charge in [0.05, 0.1) is 9.82 Å². The summed E-state index contributed by atoms with van der Waals surface area (Å²) in [6.07, 6.45) is 1.43. The first-order chi connectivity index (χ1) is 12.8. The molecule has 1 aliphatic rings. The Hall–Kier alpha value is -2.09. The second kappa shape index (κ2) is 9.73. The Labute approximate surface area is 164 Å². The molecule has 0 saturated carbocycles. The average Bonchev–Trinajstić information content (AvgIpc) is 2.66. The number of nitro groups is 1. The van der Waals surface area contributed by atoms with Gasteiger partial charge in [0, 0.05) is 44.2 Å². The van der Waals surface area contributed by atoms with Gasteiger partial charge in [-0.1, -0.05) is 20.8 Å². The first kappa shape index (κ1) is 21.2. The highest BCUT2D eigenvalue weighted by Gasteiger charge is 2.26. The van der Waals surface area contributed by atoms with Crippen LogP contribution in [0.15, 0.2) is 23.1 Å². The number of hydrogen-bond acceptors (Lipinski definition) is 5. The Balaban J connectivity index is 2.07. The minimum Gasteiger partial charge on any atom is -0.339 e. The lowest BCUT2D eigenvalue weighted by atomic mass is 10.1. The van der Waals surface area contributed by atoms with Crippen LogP contribution in [0.3, 0.4) is 0 Å². The summed E-state index contributed by atoms with van der Waals surface area (Å²) in [5.74, 6) is 1.20. The quantitative estimate of drug-likeness (QED) is 0.403. The van der Waals surface area contributed by atoms with E-state index in [1.807, 2.05) is 6.92 Å². The van der Waals surface area contributed by atoms with Crippen LogP contribution in [0.2, 0.25) is 0 Å². The van der Waals surface area contributed by atoms with Crippen molar-refractivity contribution in [3.8, 4) is 0 Å². The zero-order valence-electron chi connectivity index (χ0n) is 16.1. The number of carbonyl (C=O) groups excluding carboxylic acids is 2. The van der Waals surface area contributed by atoms with Gasteiger partial charge in [-0.15, -0.1) is 11.8 Å². The van der Waals surface area contributed by atoms with Gasteiger partial charge in [0.1, 0.15) is 0 Å². The van der Waals surface area contributed by atoms with Gasteiger partial charge in [0.2, 0.25) is 5.91 Å². The molecule has 1 aromatic carbocycles. The maximum atomic E-state index is 12.7. The number of hydrogen-bond donors (Lipinski definition) is 0. The fraction of sp³-hybridized carbons (Fsp3) is 0.579. The van der Waals surface area contributed by atoms with E-state index >= 15 is 0 Å². The van der Waals surface area contributed by atoms with Crippen LogP contribution in [0.25, 0.3) is 0 Å². The molecular weight excluding hydrogens is 366 g/mol. The van der Waals surface area contributed by atoms with E-state index in [0.717, 1.165) is 12.2 Å². The topological polar surface area (TPSA) is 83.8 Å². The second-order valence-electron chi connectivity index (χ2n) is 7.00. The Morgan fingerprint density at radius 2 is 1.81 bits per heavy atom. The minimum atomic E-state index is -0.424. The lowest BCUT2D eigenvalue weighted by Crippen LogP contribution is -2.50. The summed E-state index contributed by atoms with van der Waals surface area (Å²) in [5.41, 5.74) is 0.305. The summed E-state index contributed by atoms with van der Waals surface area (Å²) in [6.45, 7) is 7.95. The second-order valence-corrected chi connectivity index (χ2v) is 8.13. The number of nitro benzene ring substituents is 1. The van der Waals surface area contributed by atoms with Crippen molar-refractivity contribution in [1.82, 2.24) is 9.80 Å². The van der Waals surface area contributed by atoms with Crippen LogP contribution in [0, 0.1) is 16.0 Å². The van der Waals surface area contributed by atoms with Crippen molar-refractivity contribution >= 4 is 29.3 Å². The summed E-state index contributed by atoms with van der Waals surface area (Å²) in [7, 11) is 0. The molecule has 0 radical (unpaired) electrons. The first-order valence-electron chi connectivity index (χ1n) is 9.31. The maximum Gasteiger partial charge on any atom is 0.283 e. The summed E-state index contributed by atoms with van der Waals surface area (Å²) in [4.78, 5) is 39.5. The van der Waals surface area contributed by atoms with Crippen molar-refractivity contribution in [3.63, 3.8) is 0 Å². The summed E-state index contributed by atoms with van der Waals surface area (Å²) < 4.78 is 0. The van der Waals surface area contributed by atoms with Crippen LogP contribution in [0.1, 0.15) is 44.0 Å². The molecule has 0 N–H and O–H groups in total. The zero-order valence-corrected chi connectivity index (χ0v) is 17.0. The smallest absolute Gasteiger partial charge is 0.283 e. The summed E-state index contributed by atoms with van der Waals surface area (Å²) >= 11 is 1.45. The normalized spacial score (nSPS) is 14.5. The number of rotatable bonds is 7. The maximum absolute atomic E-state index is 12.7. The van der Waals surface area contributed by atoms with Gasteiger partial charge in [-0.05, 0) is 30.2 Å². The van der Waals surface area contributed by atoms with E-state index in [9.17, 15) is 19.7 Å². The molecule has 1 aromatic rings. The van der Waals surface area contributed by atoms with Crippen LogP contribution < -0.4 is 0 Å².